The molecule has 0 aliphatic carbocycles. The van der Waals surface area contributed by atoms with Crippen molar-refractivity contribution in [2.24, 2.45) is 0 Å². The first-order chi connectivity index (χ1) is 10.1. The first kappa shape index (κ1) is 15.0. The van der Waals surface area contributed by atoms with Crippen LogP contribution >= 0.6 is 11.3 Å². The van der Waals surface area contributed by atoms with Crippen molar-refractivity contribution < 1.29 is 9.53 Å². The second-order valence-corrected chi connectivity index (χ2v) is 6.95. The molecular weight excluding hydrogens is 286 g/mol. The van der Waals surface area contributed by atoms with Gasteiger partial charge in [0.05, 0.1) is 23.6 Å². The Labute approximate surface area is 130 Å². The van der Waals surface area contributed by atoms with Gasteiger partial charge in [0.1, 0.15) is 0 Å². The van der Waals surface area contributed by atoms with Gasteiger partial charge in [-0.15, -0.1) is 11.3 Å². The van der Waals surface area contributed by atoms with Crippen LogP contribution in [-0.4, -0.2) is 86.2 Å². The van der Waals surface area contributed by atoms with Crippen molar-refractivity contribution in [2.75, 3.05) is 53.4 Å². The molecule has 0 bridgehead atoms. The molecule has 3 rings (SSSR count). The number of amides is 1. The van der Waals surface area contributed by atoms with E-state index >= 15 is 0 Å². The highest BCUT2D eigenvalue weighted by Gasteiger charge is 2.41. The van der Waals surface area contributed by atoms with E-state index < -0.39 is 0 Å². The fraction of sp³-hybridized carbons (Fsp3) is 0.667. The third-order valence-electron chi connectivity index (χ3n) is 4.27. The van der Waals surface area contributed by atoms with Crippen LogP contribution in [-0.2, 0) is 4.74 Å². The Balaban J connectivity index is 1.64. The Morgan fingerprint density at radius 1 is 1.48 bits per heavy atom. The number of thiophene rings is 1. The molecule has 5 nitrogen and oxygen atoms in total. The number of hydrogen-bond donors (Lipinski definition) is 0. The fourth-order valence-electron chi connectivity index (χ4n) is 3.09. The monoisotopic (exact) mass is 309 g/mol. The number of hydrogen-bond acceptors (Lipinski definition) is 5. The minimum absolute atomic E-state index is 0.149. The van der Waals surface area contributed by atoms with Gasteiger partial charge in [-0.3, -0.25) is 9.69 Å². The smallest absolute Gasteiger partial charge is 0.264 e. The van der Waals surface area contributed by atoms with E-state index in [9.17, 15) is 4.79 Å². The highest BCUT2D eigenvalue weighted by Crippen LogP contribution is 2.25. The average molecular weight is 309 g/mol. The van der Waals surface area contributed by atoms with Gasteiger partial charge in [-0.05, 0) is 25.5 Å². The number of likely N-dealkylation sites (tertiary alicyclic amines) is 1. The third kappa shape index (κ3) is 3.29. The van der Waals surface area contributed by atoms with E-state index in [1.165, 1.54) is 11.3 Å². The Hall–Kier alpha value is -0.950. The maximum Gasteiger partial charge on any atom is 0.264 e. The summed E-state index contributed by atoms with van der Waals surface area (Å²) in [5.74, 6) is 0.149. The zero-order valence-corrected chi connectivity index (χ0v) is 13.5. The molecule has 0 aromatic carbocycles. The summed E-state index contributed by atoms with van der Waals surface area (Å²) in [7, 11) is 4.19. The van der Waals surface area contributed by atoms with E-state index in [0.717, 1.165) is 44.2 Å². The molecule has 0 unspecified atom stereocenters. The summed E-state index contributed by atoms with van der Waals surface area (Å²) in [5, 5.41) is 1.95. The van der Waals surface area contributed by atoms with Gasteiger partial charge in [0.15, 0.2) is 0 Å². The standard InChI is InChI=1S/C15H23N3O2S/c1-16(2)5-6-17-7-8-20-13-11-18(10-12(13)17)15(19)14-4-3-9-21-14/h3-4,9,12-13H,5-8,10-11H2,1-2H3/t12-,13+/m1/s1. The summed E-state index contributed by atoms with van der Waals surface area (Å²) in [6.45, 7) is 5.33. The van der Waals surface area contributed by atoms with Crippen LogP contribution in [0, 0.1) is 0 Å². The molecule has 2 aliphatic rings. The highest BCUT2D eigenvalue weighted by atomic mass is 32.1. The molecule has 0 saturated carbocycles. The van der Waals surface area contributed by atoms with Crippen LogP contribution in [0.2, 0.25) is 0 Å². The molecule has 6 heteroatoms. The molecular formula is C15H23N3O2S. The number of ether oxygens (including phenoxy) is 1. The second-order valence-electron chi connectivity index (χ2n) is 6.00. The van der Waals surface area contributed by atoms with Crippen LogP contribution in [0.3, 0.4) is 0 Å². The normalized spacial score (nSPS) is 26.3. The average Bonchev–Trinajstić information content (AvgIpc) is 3.13. The Morgan fingerprint density at radius 3 is 3.05 bits per heavy atom. The third-order valence-corrected chi connectivity index (χ3v) is 5.13. The summed E-state index contributed by atoms with van der Waals surface area (Å²) in [5.41, 5.74) is 0. The number of likely N-dealkylation sites (N-methyl/N-ethyl adjacent to an activating group) is 1. The van der Waals surface area contributed by atoms with Gasteiger partial charge >= 0.3 is 0 Å². The lowest BCUT2D eigenvalue weighted by Crippen LogP contribution is -2.52. The van der Waals surface area contributed by atoms with Gasteiger partial charge in [-0.25, -0.2) is 0 Å². The molecule has 0 radical (unpaired) electrons. The van der Waals surface area contributed by atoms with E-state index in [4.69, 9.17) is 4.74 Å². The van der Waals surface area contributed by atoms with Gasteiger partial charge in [-0.2, -0.15) is 0 Å². The van der Waals surface area contributed by atoms with Crippen LogP contribution in [0.4, 0.5) is 0 Å². The minimum Gasteiger partial charge on any atom is -0.373 e. The number of rotatable bonds is 4. The lowest BCUT2D eigenvalue weighted by Gasteiger charge is -2.37. The maximum absolute atomic E-state index is 12.5. The number of nitrogens with zero attached hydrogens (tertiary/aromatic N) is 3. The Morgan fingerprint density at radius 2 is 2.33 bits per heavy atom. The summed E-state index contributed by atoms with van der Waals surface area (Å²) in [4.78, 5) is 19.9. The van der Waals surface area contributed by atoms with Crippen LogP contribution in [0.1, 0.15) is 9.67 Å². The molecule has 1 aromatic heterocycles. The summed E-state index contributed by atoms with van der Waals surface area (Å²) in [6.07, 6.45) is 0.171. The van der Waals surface area contributed by atoms with Gasteiger partial charge in [0.2, 0.25) is 0 Å². The van der Waals surface area contributed by atoms with Gasteiger partial charge in [0, 0.05) is 32.7 Å². The first-order valence-electron chi connectivity index (χ1n) is 7.48. The van der Waals surface area contributed by atoms with Gasteiger partial charge < -0.3 is 14.5 Å². The number of carbonyl (C=O) groups excluding carboxylic acids is 1. The first-order valence-corrected chi connectivity index (χ1v) is 8.36. The summed E-state index contributed by atoms with van der Waals surface area (Å²) in [6, 6.07) is 4.18. The molecule has 21 heavy (non-hydrogen) atoms. The van der Waals surface area contributed by atoms with Crippen molar-refractivity contribution >= 4 is 17.2 Å². The lowest BCUT2D eigenvalue weighted by molar-refractivity contribution is -0.0482. The van der Waals surface area contributed by atoms with E-state index in [1.807, 2.05) is 22.4 Å². The highest BCUT2D eigenvalue weighted by molar-refractivity contribution is 7.12. The predicted molar refractivity (Wildman–Crippen MR) is 83.9 cm³/mol. The maximum atomic E-state index is 12.5. The van der Waals surface area contributed by atoms with Gasteiger partial charge in [-0.1, -0.05) is 6.07 Å². The quantitative estimate of drug-likeness (QED) is 0.826. The Kier molecular flexibility index (Phi) is 4.59. The van der Waals surface area contributed by atoms with Crippen LogP contribution in [0.25, 0.3) is 0 Å². The molecule has 2 fully saturated rings. The minimum atomic E-state index is 0.149. The predicted octanol–water partition coefficient (Wildman–Crippen LogP) is 0.835. The lowest BCUT2D eigenvalue weighted by atomic mass is 10.1. The molecule has 1 aromatic rings. The zero-order chi connectivity index (χ0) is 14.8. The van der Waals surface area contributed by atoms with Crippen LogP contribution in [0.15, 0.2) is 17.5 Å². The largest absolute Gasteiger partial charge is 0.373 e. The molecule has 3 heterocycles. The zero-order valence-electron chi connectivity index (χ0n) is 12.7. The summed E-state index contributed by atoms with van der Waals surface area (Å²) >= 11 is 1.51. The molecule has 2 aliphatic heterocycles. The Bertz CT molecular complexity index is 477. The topological polar surface area (TPSA) is 36.0 Å². The molecule has 2 saturated heterocycles. The van der Waals surface area contributed by atoms with E-state index in [0.29, 0.717) is 6.04 Å². The SMILES string of the molecule is CN(C)CCN1CCO[C@H]2CN(C(=O)c3cccs3)C[C@H]21. The van der Waals surface area contributed by atoms with E-state index in [2.05, 4.69) is 23.9 Å². The van der Waals surface area contributed by atoms with Crippen molar-refractivity contribution in [1.29, 1.82) is 0 Å². The van der Waals surface area contributed by atoms with Crippen molar-refractivity contribution in [1.82, 2.24) is 14.7 Å². The van der Waals surface area contributed by atoms with Crippen molar-refractivity contribution in [3.63, 3.8) is 0 Å². The van der Waals surface area contributed by atoms with Crippen molar-refractivity contribution in [2.45, 2.75) is 12.1 Å². The number of fused-ring (bicyclic) bond motifs is 1. The van der Waals surface area contributed by atoms with E-state index in [-0.39, 0.29) is 12.0 Å². The summed E-state index contributed by atoms with van der Waals surface area (Å²) < 4.78 is 5.89. The fourth-order valence-corrected chi connectivity index (χ4v) is 3.78. The number of carbonyl (C=O) groups is 1. The van der Waals surface area contributed by atoms with E-state index in [1.54, 1.807) is 0 Å². The molecule has 116 valence electrons. The molecule has 1 amide bonds. The molecule has 0 N–H and O–H groups in total. The van der Waals surface area contributed by atoms with Crippen molar-refractivity contribution in [3.8, 4) is 0 Å². The van der Waals surface area contributed by atoms with Crippen LogP contribution in [0.5, 0.6) is 0 Å². The molecule has 0 spiro atoms. The molecule has 2 atom stereocenters. The second kappa shape index (κ2) is 6.44. The van der Waals surface area contributed by atoms with Gasteiger partial charge in [0.25, 0.3) is 5.91 Å². The van der Waals surface area contributed by atoms with Crippen molar-refractivity contribution in [3.05, 3.63) is 22.4 Å². The number of morpholine rings is 1. The van der Waals surface area contributed by atoms with Crippen LogP contribution < -0.4 is 0 Å².